The molecule has 0 unspecified atom stereocenters. The first kappa shape index (κ1) is 21.2. The van der Waals surface area contributed by atoms with E-state index in [1.54, 1.807) is 25.6 Å². The number of amides is 1. The molecular weight excluding hydrogens is 417 g/mol. The Bertz CT molecular complexity index is 1240. The maximum absolute atomic E-state index is 13.6. The molecule has 0 saturated carbocycles. The van der Waals surface area contributed by atoms with E-state index in [1.807, 2.05) is 46.9 Å². The average molecular weight is 444 g/mol. The van der Waals surface area contributed by atoms with Gasteiger partial charge in [-0.1, -0.05) is 30.4 Å². The molecule has 2 aromatic carbocycles. The van der Waals surface area contributed by atoms with Gasteiger partial charge >= 0.3 is 0 Å². The molecule has 2 aliphatic heterocycles. The third-order valence-corrected chi connectivity index (χ3v) is 6.42. The van der Waals surface area contributed by atoms with Crippen LogP contribution >= 0.6 is 0 Å². The number of aryl methyl sites for hydroxylation is 1. The second-order valence-corrected chi connectivity index (χ2v) is 8.59. The maximum atomic E-state index is 13.6. The van der Waals surface area contributed by atoms with E-state index in [-0.39, 0.29) is 23.8 Å². The smallest absolute Gasteiger partial charge is 0.250 e. The summed E-state index contributed by atoms with van der Waals surface area (Å²) in [5.41, 5.74) is 4.44. The van der Waals surface area contributed by atoms with Gasteiger partial charge in [0.15, 0.2) is 0 Å². The Labute approximate surface area is 192 Å². The Kier molecular flexibility index (Phi) is 5.58. The van der Waals surface area contributed by atoms with Crippen LogP contribution < -0.4 is 4.74 Å². The predicted molar refractivity (Wildman–Crippen MR) is 126 cm³/mol. The molecule has 33 heavy (non-hydrogen) atoms. The lowest BCUT2D eigenvalue weighted by molar-refractivity contribution is -0.133. The summed E-state index contributed by atoms with van der Waals surface area (Å²) in [5.74, 6) is 0.482. The molecule has 5 rings (SSSR count). The highest BCUT2D eigenvalue weighted by Gasteiger charge is 2.37. The molecule has 1 aromatic heterocycles. The van der Waals surface area contributed by atoms with E-state index < -0.39 is 0 Å². The molecule has 3 heterocycles. The van der Waals surface area contributed by atoms with Crippen LogP contribution in [0.5, 0.6) is 5.75 Å². The summed E-state index contributed by atoms with van der Waals surface area (Å²) in [5, 5.41) is 0. The fourth-order valence-electron chi connectivity index (χ4n) is 4.76. The van der Waals surface area contributed by atoms with Crippen LogP contribution in [0.3, 0.4) is 0 Å². The van der Waals surface area contributed by atoms with Crippen LogP contribution in [0, 0.1) is 12.7 Å². The minimum atomic E-state index is -0.274. The van der Waals surface area contributed by atoms with Gasteiger partial charge in [-0.25, -0.2) is 9.37 Å². The summed E-state index contributed by atoms with van der Waals surface area (Å²) in [4.78, 5) is 19.8. The van der Waals surface area contributed by atoms with E-state index in [9.17, 15) is 9.18 Å². The summed E-state index contributed by atoms with van der Waals surface area (Å²) >= 11 is 0. The third kappa shape index (κ3) is 4.09. The standard InChI is InChI=1S/C27H26FN3O2/c1-18-16-30(17-29-18)25-13-6-19(15-26(25)33-2)14-21-9-12-23-4-3-5-24(31(23)27(21)32)20-7-10-22(28)11-8-20/h3,5-8,10-11,13-17,23-24H,4,9,12H2,1-2H3/b21-14+/t23-,24-/m0/s1. The van der Waals surface area contributed by atoms with E-state index in [1.165, 1.54) is 12.1 Å². The molecule has 0 bridgehead atoms. The quantitative estimate of drug-likeness (QED) is 0.400. The molecule has 0 radical (unpaired) electrons. The van der Waals surface area contributed by atoms with Crippen LogP contribution in [-0.4, -0.2) is 33.5 Å². The number of carbonyl (C=O) groups is 1. The van der Waals surface area contributed by atoms with Crippen molar-refractivity contribution in [1.82, 2.24) is 14.5 Å². The summed E-state index contributed by atoms with van der Waals surface area (Å²) in [7, 11) is 1.64. The lowest BCUT2D eigenvalue weighted by Crippen LogP contribution is -2.47. The number of carbonyl (C=O) groups excluding carboxylic acids is 1. The zero-order valence-electron chi connectivity index (χ0n) is 18.7. The van der Waals surface area contributed by atoms with Crippen molar-refractivity contribution >= 4 is 12.0 Å². The van der Waals surface area contributed by atoms with Crippen LogP contribution in [0.4, 0.5) is 4.39 Å². The van der Waals surface area contributed by atoms with Crippen LogP contribution in [-0.2, 0) is 4.79 Å². The number of benzene rings is 2. The number of fused-ring (bicyclic) bond motifs is 1. The first-order valence-corrected chi connectivity index (χ1v) is 11.2. The normalized spacial score (nSPS) is 21.4. The number of nitrogens with zero attached hydrogens (tertiary/aromatic N) is 3. The fourth-order valence-corrected chi connectivity index (χ4v) is 4.76. The molecule has 3 aromatic rings. The Morgan fingerprint density at radius 2 is 2.00 bits per heavy atom. The Balaban J connectivity index is 1.45. The van der Waals surface area contributed by atoms with Crippen LogP contribution in [0.2, 0.25) is 0 Å². The number of methoxy groups -OCH3 is 1. The second-order valence-electron chi connectivity index (χ2n) is 8.59. The first-order chi connectivity index (χ1) is 16.0. The van der Waals surface area contributed by atoms with Crippen molar-refractivity contribution < 1.29 is 13.9 Å². The summed E-state index contributed by atoms with van der Waals surface area (Å²) in [6.07, 6.45) is 12.3. The summed E-state index contributed by atoms with van der Waals surface area (Å²) in [6, 6.07) is 12.3. The number of rotatable bonds is 4. The van der Waals surface area contributed by atoms with Crippen molar-refractivity contribution in [1.29, 1.82) is 0 Å². The van der Waals surface area contributed by atoms with Gasteiger partial charge in [0.25, 0.3) is 5.91 Å². The molecule has 1 amide bonds. The monoisotopic (exact) mass is 443 g/mol. The van der Waals surface area contributed by atoms with E-state index in [2.05, 4.69) is 17.1 Å². The van der Waals surface area contributed by atoms with Crippen LogP contribution in [0.1, 0.15) is 42.1 Å². The third-order valence-electron chi connectivity index (χ3n) is 6.42. The van der Waals surface area contributed by atoms with Crippen molar-refractivity contribution in [3.63, 3.8) is 0 Å². The Morgan fingerprint density at radius 1 is 1.18 bits per heavy atom. The number of hydrogen-bond donors (Lipinski definition) is 0. The van der Waals surface area contributed by atoms with E-state index in [0.29, 0.717) is 5.75 Å². The lowest BCUT2D eigenvalue weighted by atomic mass is 9.87. The number of aromatic nitrogens is 2. The molecule has 0 aliphatic carbocycles. The highest BCUT2D eigenvalue weighted by atomic mass is 19.1. The number of piperidine rings is 1. The van der Waals surface area contributed by atoms with Crippen molar-refractivity contribution in [3.05, 3.63) is 95.4 Å². The number of ether oxygens (including phenoxy) is 1. The van der Waals surface area contributed by atoms with Crippen LogP contribution in [0.25, 0.3) is 11.8 Å². The molecular formula is C27H26FN3O2. The van der Waals surface area contributed by atoms with Crippen molar-refractivity contribution in [3.8, 4) is 11.4 Å². The highest BCUT2D eigenvalue weighted by molar-refractivity contribution is 5.99. The van der Waals surface area contributed by atoms with Gasteiger partial charge in [-0.05, 0) is 67.7 Å². The molecule has 1 saturated heterocycles. The van der Waals surface area contributed by atoms with Gasteiger partial charge in [0.05, 0.1) is 30.9 Å². The van der Waals surface area contributed by atoms with Gasteiger partial charge in [0.1, 0.15) is 11.6 Å². The maximum Gasteiger partial charge on any atom is 0.250 e. The van der Waals surface area contributed by atoms with E-state index in [0.717, 1.165) is 47.3 Å². The van der Waals surface area contributed by atoms with Gasteiger partial charge in [-0.2, -0.15) is 0 Å². The highest BCUT2D eigenvalue weighted by Crippen LogP contribution is 2.38. The lowest BCUT2D eigenvalue weighted by Gasteiger charge is -2.43. The topological polar surface area (TPSA) is 47.4 Å². The zero-order chi connectivity index (χ0) is 22.9. The first-order valence-electron chi connectivity index (χ1n) is 11.2. The average Bonchev–Trinajstić information content (AvgIpc) is 3.27. The minimum absolute atomic E-state index is 0.0400. The molecule has 5 nitrogen and oxygen atoms in total. The molecule has 6 heteroatoms. The van der Waals surface area contributed by atoms with Crippen molar-refractivity contribution in [2.45, 2.75) is 38.3 Å². The summed E-state index contributed by atoms with van der Waals surface area (Å²) < 4.78 is 21.0. The largest absolute Gasteiger partial charge is 0.495 e. The second kappa shape index (κ2) is 8.70. The minimum Gasteiger partial charge on any atom is -0.495 e. The van der Waals surface area contributed by atoms with E-state index in [4.69, 9.17) is 4.74 Å². The molecule has 168 valence electrons. The predicted octanol–water partition coefficient (Wildman–Crippen LogP) is 5.40. The van der Waals surface area contributed by atoms with Crippen molar-refractivity contribution in [2.75, 3.05) is 7.11 Å². The number of hydrogen-bond acceptors (Lipinski definition) is 3. The van der Waals surface area contributed by atoms with Gasteiger partial charge < -0.3 is 14.2 Å². The molecule has 0 N–H and O–H groups in total. The van der Waals surface area contributed by atoms with E-state index >= 15 is 0 Å². The molecule has 0 spiro atoms. The zero-order valence-corrected chi connectivity index (χ0v) is 18.7. The van der Waals surface area contributed by atoms with Gasteiger partial charge in [-0.3, -0.25) is 4.79 Å². The molecule has 2 atom stereocenters. The molecule has 2 aliphatic rings. The van der Waals surface area contributed by atoms with Gasteiger partial charge in [0.2, 0.25) is 0 Å². The summed E-state index contributed by atoms with van der Waals surface area (Å²) in [6.45, 7) is 1.94. The van der Waals surface area contributed by atoms with Crippen LogP contribution in [0.15, 0.2) is 72.7 Å². The Morgan fingerprint density at radius 3 is 2.73 bits per heavy atom. The van der Waals surface area contributed by atoms with Gasteiger partial charge in [0, 0.05) is 17.8 Å². The number of imidazole rings is 1. The van der Waals surface area contributed by atoms with Crippen molar-refractivity contribution in [2.24, 2.45) is 0 Å². The van der Waals surface area contributed by atoms with Gasteiger partial charge in [-0.15, -0.1) is 0 Å². The molecule has 1 fully saturated rings. The fraction of sp³-hybridized carbons (Fsp3) is 0.259. The Hall–Kier alpha value is -3.67. The number of halogens is 1. The SMILES string of the molecule is COc1cc(/C=C2\CC[C@@H]3CC=C[C@@H](c4ccc(F)cc4)N3C2=O)ccc1-n1cnc(C)c1.